The van der Waals surface area contributed by atoms with Crippen molar-refractivity contribution in [3.8, 4) is 11.3 Å². The van der Waals surface area contributed by atoms with Crippen LogP contribution in [-0.2, 0) is 11.2 Å². The molecule has 0 radical (unpaired) electrons. The molecule has 1 saturated carbocycles. The summed E-state index contributed by atoms with van der Waals surface area (Å²) in [6.07, 6.45) is 19.7. The Morgan fingerprint density at radius 2 is 1.78 bits per heavy atom. The van der Waals surface area contributed by atoms with Gasteiger partial charge in [-0.1, -0.05) is 69.0 Å². The summed E-state index contributed by atoms with van der Waals surface area (Å²) in [6, 6.07) is 13.5. The summed E-state index contributed by atoms with van der Waals surface area (Å²) in [6.45, 7) is 2.24. The third-order valence-corrected chi connectivity index (χ3v) is 6.91. The van der Waals surface area contributed by atoms with Gasteiger partial charge >= 0.3 is 5.97 Å². The highest BCUT2D eigenvalue weighted by molar-refractivity contribution is 5.79. The quantitative estimate of drug-likeness (QED) is 0.273. The monoisotopic (exact) mass is 433 g/mol. The predicted octanol–water partition coefficient (Wildman–Crippen LogP) is 7.96. The van der Waals surface area contributed by atoms with Crippen LogP contribution in [0.1, 0.15) is 94.6 Å². The third kappa shape index (κ3) is 7.93. The first-order valence-corrected chi connectivity index (χ1v) is 12.6. The standard InChI is InChI=1S/C29H39NO2/c1-2-3-6-10-24-14-21-28(30-22-24)27-19-17-26(18-20-27)25-15-12-23(13-16-25)9-7-4-5-8-11-29(31)32/h8,11,14,17-23,25H,2-7,9-10,12-13,15-16H2,1H3,(H,31,32)/b11-8+. The zero-order chi connectivity index (χ0) is 22.6. The summed E-state index contributed by atoms with van der Waals surface area (Å²) in [4.78, 5) is 15.2. The van der Waals surface area contributed by atoms with Crippen LogP contribution in [0.3, 0.4) is 0 Å². The Labute approximate surface area is 194 Å². The minimum atomic E-state index is -0.844. The second kappa shape index (κ2) is 13.2. The Bertz CT molecular complexity index is 830. The fourth-order valence-electron chi connectivity index (χ4n) is 4.91. The second-order valence-electron chi connectivity index (χ2n) is 9.37. The van der Waals surface area contributed by atoms with Crippen molar-refractivity contribution in [3.05, 3.63) is 65.9 Å². The molecule has 1 aliphatic carbocycles. The van der Waals surface area contributed by atoms with Crippen molar-refractivity contribution >= 4 is 5.97 Å². The van der Waals surface area contributed by atoms with Gasteiger partial charge in [0.25, 0.3) is 0 Å². The van der Waals surface area contributed by atoms with E-state index < -0.39 is 5.97 Å². The van der Waals surface area contributed by atoms with Crippen LogP contribution in [0.25, 0.3) is 11.3 Å². The molecule has 3 heteroatoms. The van der Waals surface area contributed by atoms with Gasteiger partial charge in [0.15, 0.2) is 0 Å². The molecule has 0 atom stereocenters. The normalized spacial score (nSPS) is 18.8. The first-order chi connectivity index (χ1) is 15.7. The van der Waals surface area contributed by atoms with E-state index in [1.807, 2.05) is 6.20 Å². The highest BCUT2D eigenvalue weighted by Gasteiger charge is 2.22. The van der Waals surface area contributed by atoms with Crippen molar-refractivity contribution in [2.45, 2.75) is 89.9 Å². The van der Waals surface area contributed by atoms with Crippen LogP contribution >= 0.6 is 0 Å². The van der Waals surface area contributed by atoms with Gasteiger partial charge in [0, 0.05) is 17.8 Å². The number of allylic oxidation sites excluding steroid dienone is 1. The Hall–Kier alpha value is -2.42. The maximum Gasteiger partial charge on any atom is 0.327 e. The molecule has 1 fully saturated rings. The molecule has 3 rings (SSSR count). The summed E-state index contributed by atoms with van der Waals surface area (Å²) < 4.78 is 0. The summed E-state index contributed by atoms with van der Waals surface area (Å²) >= 11 is 0. The van der Waals surface area contributed by atoms with Crippen LogP contribution in [0.4, 0.5) is 0 Å². The highest BCUT2D eigenvalue weighted by Crippen LogP contribution is 2.38. The van der Waals surface area contributed by atoms with Crippen LogP contribution < -0.4 is 0 Å². The van der Waals surface area contributed by atoms with Gasteiger partial charge in [-0.2, -0.15) is 0 Å². The summed E-state index contributed by atoms with van der Waals surface area (Å²) in [5.41, 5.74) is 5.09. The predicted molar refractivity (Wildman–Crippen MR) is 133 cm³/mol. The van der Waals surface area contributed by atoms with Crippen LogP contribution in [0.15, 0.2) is 54.7 Å². The van der Waals surface area contributed by atoms with Gasteiger partial charge in [-0.25, -0.2) is 4.79 Å². The fourth-order valence-corrected chi connectivity index (χ4v) is 4.91. The van der Waals surface area contributed by atoms with Crippen molar-refractivity contribution < 1.29 is 9.90 Å². The van der Waals surface area contributed by atoms with Gasteiger partial charge in [0.2, 0.25) is 0 Å². The molecule has 0 bridgehead atoms. The van der Waals surface area contributed by atoms with Crippen LogP contribution in [-0.4, -0.2) is 16.1 Å². The number of hydrogen-bond acceptors (Lipinski definition) is 2. The molecule has 3 nitrogen and oxygen atoms in total. The second-order valence-corrected chi connectivity index (χ2v) is 9.37. The molecule has 1 aromatic carbocycles. The minimum absolute atomic E-state index is 0.688. The molecule has 1 aromatic heterocycles. The van der Waals surface area contributed by atoms with E-state index in [0.29, 0.717) is 5.92 Å². The zero-order valence-electron chi connectivity index (χ0n) is 19.6. The lowest BCUT2D eigenvalue weighted by Crippen LogP contribution is -2.13. The third-order valence-electron chi connectivity index (χ3n) is 6.91. The lowest BCUT2D eigenvalue weighted by atomic mass is 9.77. The number of rotatable bonds is 12. The van der Waals surface area contributed by atoms with E-state index >= 15 is 0 Å². The number of carboxylic acids is 1. The van der Waals surface area contributed by atoms with E-state index in [9.17, 15) is 4.79 Å². The van der Waals surface area contributed by atoms with E-state index in [1.165, 1.54) is 80.6 Å². The van der Waals surface area contributed by atoms with E-state index in [-0.39, 0.29) is 0 Å². The molecule has 1 N–H and O–H groups in total. The number of aromatic nitrogens is 1. The Kier molecular flexibility index (Phi) is 9.99. The Morgan fingerprint density at radius 1 is 1.00 bits per heavy atom. The molecule has 0 aliphatic heterocycles. The number of carbonyl (C=O) groups is 1. The van der Waals surface area contributed by atoms with Gasteiger partial charge in [0.05, 0.1) is 5.69 Å². The summed E-state index contributed by atoms with van der Waals surface area (Å²) in [5.74, 6) is 0.685. The Morgan fingerprint density at radius 3 is 2.44 bits per heavy atom. The van der Waals surface area contributed by atoms with Crippen molar-refractivity contribution in [1.29, 1.82) is 0 Å². The maximum absolute atomic E-state index is 10.5. The van der Waals surface area contributed by atoms with Crippen molar-refractivity contribution in [2.75, 3.05) is 0 Å². The average Bonchev–Trinajstić information content (AvgIpc) is 2.82. The molecule has 1 aliphatic rings. The lowest BCUT2D eigenvalue weighted by molar-refractivity contribution is -0.131. The molecular formula is C29H39NO2. The van der Waals surface area contributed by atoms with E-state index in [2.05, 4.69) is 43.3 Å². The first-order valence-electron chi connectivity index (χ1n) is 12.6. The number of hydrogen-bond donors (Lipinski definition) is 1. The molecule has 0 amide bonds. The van der Waals surface area contributed by atoms with Crippen molar-refractivity contribution in [1.82, 2.24) is 4.98 Å². The van der Waals surface area contributed by atoms with Crippen LogP contribution in [0, 0.1) is 5.92 Å². The van der Waals surface area contributed by atoms with E-state index in [0.717, 1.165) is 30.9 Å². The number of aryl methyl sites for hydroxylation is 1. The molecule has 2 aromatic rings. The van der Waals surface area contributed by atoms with Gasteiger partial charge < -0.3 is 5.11 Å². The number of aliphatic carboxylic acids is 1. The minimum Gasteiger partial charge on any atom is -0.478 e. The fraction of sp³-hybridized carbons (Fsp3) is 0.517. The van der Waals surface area contributed by atoms with Gasteiger partial charge in [-0.05, 0) is 80.4 Å². The lowest BCUT2D eigenvalue weighted by Gasteiger charge is -2.29. The van der Waals surface area contributed by atoms with Crippen LogP contribution in [0.5, 0.6) is 0 Å². The molecular weight excluding hydrogens is 394 g/mol. The number of carboxylic acid groups (broad SMARTS) is 1. The number of benzene rings is 1. The van der Waals surface area contributed by atoms with E-state index in [4.69, 9.17) is 10.1 Å². The van der Waals surface area contributed by atoms with Gasteiger partial charge in [-0.3, -0.25) is 4.98 Å². The molecule has 1 heterocycles. The average molecular weight is 434 g/mol. The van der Waals surface area contributed by atoms with Crippen molar-refractivity contribution in [2.24, 2.45) is 5.92 Å². The zero-order valence-corrected chi connectivity index (χ0v) is 19.6. The highest BCUT2D eigenvalue weighted by atomic mass is 16.4. The summed E-state index contributed by atoms with van der Waals surface area (Å²) in [5, 5.41) is 8.62. The number of pyridine rings is 1. The first kappa shape index (κ1) is 24.2. The SMILES string of the molecule is CCCCCc1ccc(-c2ccc(C3CCC(CCCC/C=C/C(=O)O)CC3)cc2)nc1. The number of unbranched alkanes of at least 4 members (excludes halogenated alkanes) is 4. The van der Waals surface area contributed by atoms with Gasteiger partial charge in [-0.15, -0.1) is 0 Å². The molecule has 32 heavy (non-hydrogen) atoms. The summed E-state index contributed by atoms with van der Waals surface area (Å²) in [7, 11) is 0. The maximum atomic E-state index is 10.5. The Balaban J connectivity index is 1.41. The largest absolute Gasteiger partial charge is 0.478 e. The topological polar surface area (TPSA) is 50.2 Å². The molecule has 0 unspecified atom stereocenters. The van der Waals surface area contributed by atoms with Gasteiger partial charge in [0.1, 0.15) is 0 Å². The molecule has 172 valence electrons. The molecule has 0 saturated heterocycles. The van der Waals surface area contributed by atoms with Crippen LogP contribution in [0.2, 0.25) is 0 Å². The molecule has 0 spiro atoms. The smallest absolute Gasteiger partial charge is 0.327 e. The van der Waals surface area contributed by atoms with Crippen molar-refractivity contribution in [3.63, 3.8) is 0 Å². The van der Waals surface area contributed by atoms with E-state index in [1.54, 1.807) is 6.08 Å². The number of nitrogens with zero attached hydrogens (tertiary/aromatic N) is 1.